The highest BCUT2D eigenvalue weighted by atomic mass is 127. The van der Waals surface area contributed by atoms with Crippen molar-refractivity contribution in [2.24, 2.45) is 4.99 Å². The number of anilines is 1. The number of rotatable bonds is 6. The first kappa shape index (κ1) is 21.1. The van der Waals surface area contributed by atoms with Crippen molar-refractivity contribution >= 4 is 35.6 Å². The zero-order chi connectivity index (χ0) is 17.5. The minimum atomic E-state index is 0. The summed E-state index contributed by atoms with van der Waals surface area (Å²) in [6.07, 6.45) is 0. The maximum atomic E-state index is 5.31. The Balaban J connectivity index is 0.00000312. The van der Waals surface area contributed by atoms with Crippen LogP contribution in [0.15, 0.2) is 33.8 Å². The monoisotopic (exact) mass is 460 g/mol. The number of hydrogen-bond donors (Lipinski definition) is 2. The molecule has 0 saturated heterocycles. The normalized spacial score (nSPS) is 11.0. The first-order valence-electron chi connectivity index (χ1n) is 7.72. The van der Waals surface area contributed by atoms with Crippen molar-refractivity contribution < 1.29 is 14.0 Å². The third-order valence-corrected chi connectivity index (χ3v) is 3.47. The lowest BCUT2D eigenvalue weighted by molar-refractivity contribution is 0.355. The third kappa shape index (κ3) is 5.80. The van der Waals surface area contributed by atoms with Crippen molar-refractivity contribution in [1.29, 1.82) is 0 Å². The van der Waals surface area contributed by atoms with Gasteiger partial charge in [0.1, 0.15) is 0 Å². The molecule has 138 valence electrons. The number of guanidine groups is 1. The lowest BCUT2D eigenvalue weighted by atomic mass is 10.1. The number of methoxy groups -OCH3 is 2. The van der Waals surface area contributed by atoms with E-state index in [0.717, 1.165) is 17.1 Å². The second-order valence-electron chi connectivity index (χ2n) is 5.49. The second kappa shape index (κ2) is 10.1. The zero-order valence-electron chi connectivity index (χ0n) is 15.1. The molecule has 0 unspecified atom stereocenters. The molecule has 0 spiro atoms. The van der Waals surface area contributed by atoms with Gasteiger partial charge in [-0.3, -0.25) is 4.99 Å². The number of aliphatic imine (C=N–C) groups is 1. The molecule has 0 aliphatic rings. The fourth-order valence-corrected chi connectivity index (χ4v) is 2.09. The van der Waals surface area contributed by atoms with Crippen molar-refractivity contribution in [3.05, 3.63) is 35.7 Å². The largest absolute Gasteiger partial charge is 0.493 e. The van der Waals surface area contributed by atoms with Crippen LogP contribution in [0, 0.1) is 0 Å². The van der Waals surface area contributed by atoms with Crippen LogP contribution in [0.3, 0.4) is 0 Å². The number of benzene rings is 1. The van der Waals surface area contributed by atoms with Crippen molar-refractivity contribution in [2.45, 2.75) is 26.3 Å². The van der Waals surface area contributed by atoms with Crippen LogP contribution in [0.1, 0.15) is 31.2 Å². The lowest BCUT2D eigenvalue weighted by Crippen LogP contribution is -2.30. The summed E-state index contributed by atoms with van der Waals surface area (Å²) in [4.78, 5) is 4.20. The highest BCUT2D eigenvalue weighted by Crippen LogP contribution is 2.29. The molecule has 0 aliphatic heterocycles. The molecule has 0 amide bonds. The maximum Gasteiger partial charge on any atom is 0.195 e. The predicted molar refractivity (Wildman–Crippen MR) is 109 cm³/mol. The zero-order valence-corrected chi connectivity index (χ0v) is 17.5. The molecule has 1 aromatic heterocycles. The van der Waals surface area contributed by atoms with Crippen LogP contribution >= 0.6 is 24.0 Å². The predicted octanol–water partition coefficient (Wildman–Crippen LogP) is 3.62. The van der Waals surface area contributed by atoms with Gasteiger partial charge in [0.2, 0.25) is 0 Å². The number of nitrogens with one attached hydrogen (secondary N) is 2. The molecule has 1 aromatic carbocycles. The van der Waals surface area contributed by atoms with E-state index in [9.17, 15) is 0 Å². The fourth-order valence-electron chi connectivity index (χ4n) is 2.09. The molecule has 7 nitrogen and oxygen atoms in total. The number of hydrogen-bond acceptors (Lipinski definition) is 5. The summed E-state index contributed by atoms with van der Waals surface area (Å²) in [6, 6.07) is 7.51. The second-order valence-corrected chi connectivity index (χ2v) is 5.49. The summed E-state index contributed by atoms with van der Waals surface area (Å²) in [6.45, 7) is 4.64. The van der Waals surface area contributed by atoms with Crippen LogP contribution in [0.25, 0.3) is 0 Å². The van der Waals surface area contributed by atoms with Crippen molar-refractivity contribution in [1.82, 2.24) is 10.5 Å². The molecular formula is C17H25IN4O3. The summed E-state index contributed by atoms with van der Waals surface area (Å²) in [5.41, 5.74) is 1.77. The van der Waals surface area contributed by atoms with Crippen molar-refractivity contribution in [2.75, 3.05) is 26.6 Å². The molecule has 2 aromatic rings. The van der Waals surface area contributed by atoms with E-state index in [1.54, 1.807) is 21.3 Å². The quantitative estimate of drug-likeness (QED) is 0.390. The molecule has 1 heterocycles. The Kier molecular flexibility index (Phi) is 8.53. The molecular weight excluding hydrogens is 435 g/mol. The van der Waals surface area contributed by atoms with Crippen LogP contribution < -0.4 is 20.1 Å². The lowest BCUT2D eigenvalue weighted by Gasteiger charge is -2.13. The topological polar surface area (TPSA) is 80.9 Å². The number of ether oxygens (including phenoxy) is 2. The average molecular weight is 460 g/mol. The van der Waals surface area contributed by atoms with Gasteiger partial charge >= 0.3 is 0 Å². The number of halogens is 1. The molecule has 0 saturated carbocycles. The maximum absolute atomic E-state index is 5.31. The average Bonchev–Trinajstić information content (AvgIpc) is 3.07. The van der Waals surface area contributed by atoms with E-state index in [0.29, 0.717) is 29.9 Å². The third-order valence-electron chi connectivity index (χ3n) is 3.47. The summed E-state index contributed by atoms with van der Waals surface area (Å²) in [5.74, 6) is 3.04. The fraction of sp³-hybridized carbons (Fsp3) is 0.412. The van der Waals surface area contributed by atoms with Crippen LogP contribution in [-0.2, 0) is 6.54 Å². The summed E-state index contributed by atoms with van der Waals surface area (Å²) < 4.78 is 15.8. The SMILES string of the molecule is CN=C(NCc1cc(C(C)C)no1)Nc1ccc(OC)c(OC)c1.I. The Morgan fingerprint density at radius 3 is 2.48 bits per heavy atom. The van der Waals surface area contributed by atoms with Gasteiger partial charge in [0.15, 0.2) is 23.2 Å². The molecule has 0 aliphatic carbocycles. The van der Waals surface area contributed by atoms with Gasteiger partial charge in [-0.25, -0.2) is 0 Å². The van der Waals surface area contributed by atoms with Gasteiger partial charge in [0.25, 0.3) is 0 Å². The highest BCUT2D eigenvalue weighted by Gasteiger charge is 2.09. The molecule has 0 radical (unpaired) electrons. The Bertz CT molecular complexity index is 701. The van der Waals surface area contributed by atoms with E-state index in [1.807, 2.05) is 24.3 Å². The van der Waals surface area contributed by atoms with Crippen LogP contribution in [0.2, 0.25) is 0 Å². The van der Waals surface area contributed by atoms with Gasteiger partial charge in [-0.15, -0.1) is 24.0 Å². The van der Waals surface area contributed by atoms with Crippen LogP contribution in [0.4, 0.5) is 5.69 Å². The Morgan fingerprint density at radius 2 is 1.92 bits per heavy atom. The Hall–Kier alpha value is -1.97. The smallest absolute Gasteiger partial charge is 0.195 e. The standard InChI is InChI=1S/C17H24N4O3.HI/c1-11(2)14-9-13(24-21-14)10-19-17(18-3)20-12-6-7-15(22-4)16(8-12)23-5;/h6-9,11H,10H2,1-5H3,(H2,18,19,20);1H. The molecule has 2 N–H and O–H groups in total. The van der Waals surface area contributed by atoms with Gasteiger partial charge in [-0.05, 0) is 18.1 Å². The summed E-state index contributed by atoms with van der Waals surface area (Å²) in [7, 11) is 4.91. The van der Waals surface area contributed by atoms with E-state index in [-0.39, 0.29) is 24.0 Å². The Labute approximate surface area is 165 Å². The van der Waals surface area contributed by atoms with Crippen molar-refractivity contribution in [3.63, 3.8) is 0 Å². The number of nitrogens with zero attached hydrogens (tertiary/aromatic N) is 2. The molecule has 0 atom stereocenters. The van der Waals surface area contributed by atoms with Crippen LogP contribution in [-0.4, -0.2) is 32.4 Å². The highest BCUT2D eigenvalue weighted by molar-refractivity contribution is 14.0. The van der Waals surface area contributed by atoms with Gasteiger partial charge < -0.3 is 24.6 Å². The van der Waals surface area contributed by atoms with Crippen LogP contribution in [0.5, 0.6) is 11.5 Å². The summed E-state index contributed by atoms with van der Waals surface area (Å²) >= 11 is 0. The van der Waals surface area contributed by atoms with E-state index >= 15 is 0 Å². The summed E-state index contributed by atoms with van der Waals surface area (Å²) in [5, 5.41) is 10.4. The molecule has 0 bridgehead atoms. The minimum absolute atomic E-state index is 0. The first-order valence-corrected chi connectivity index (χ1v) is 7.72. The van der Waals surface area contributed by atoms with E-state index in [2.05, 4.69) is 34.6 Å². The molecule has 0 fully saturated rings. The van der Waals surface area contributed by atoms with E-state index in [1.165, 1.54) is 0 Å². The molecule has 25 heavy (non-hydrogen) atoms. The van der Waals surface area contributed by atoms with E-state index in [4.69, 9.17) is 14.0 Å². The number of aromatic nitrogens is 1. The molecule has 8 heteroatoms. The van der Waals surface area contributed by atoms with E-state index < -0.39 is 0 Å². The van der Waals surface area contributed by atoms with Gasteiger partial charge in [-0.2, -0.15) is 0 Å². The van der Waals surface area contributed by atoms with Gasteiger partial charge in [0, 0.05) is 24.9 Å². The first-order chi connectivity index (χ1) is 11.6. The molecule has 2 rings (SSSR count). The minimum Gasteiger partial charge on any atom is -0.493 e. The van der Waals surface area contributed by atoms with Gasteiger partial charge in [0.05, 0.1) is 26.5 Å². The Morgan fingerprint density at radius 1 is 1.20 bits per heavy atom. The van der Waals surface area contributed by atoms with Gasteiger partial charge in [-0.1, -0.05) is 19.0 Å². The van der Waals surface area contributed by atoms with Crippen molar-refractivity contribution in [3.8, 4) is 11.5 Å².